The summed E-state index contributed by atoms with van der Waals surface area (Å²) in [7, 11) is 2.21. The van der Waals surface area contributed by atoms with Crippen LogP contribution >= 0.6 is 0 Å². The first-order chi connectivity index (χ1) is 8.84. The van der Waals surface area contributed by atoms with Crippen LogP contribution in [0.5, 0.6) is 0 Å². The Bertz CT molecular complexity index is 413. The van der Waals surface area contributed by atoms with Gasteiger partial charge in [0.2, 0.25) is 0 Å². The van der Waals surface area contributed by atoms with Crippen molar-refractivity contribution in [3.63, 3.8) is 0 Å². The molecule has 1 aromatic carbocycles. The third-order valence-corrected chi connectivity index (χ3v) is 4.18. The largest absolute Gasteiger partial charge is 0.385 e. The molecule has 0 spiro atoms. The van der Waals surface area contributed by atoms with Crippen molar-refractivity contribution in [2.45, 2.75) is 31.7 Å². The number of anilines is 2. The number of nitrogens with zero attached hydrogens (tertiary/aromatic N) is 1. The Balaban J connectivity index is 1.78. The van der Waals surface area contributed by atoms with Crippen LogP contribution in [0.1, 0.15) is 24.8 Å². The van der Waals surface area contributed by atoms with Crippen LogP contribution in [0.25, 0.3) is 0 Å². The highest BCUT2D eigenvalue weighted by Crippen LogP contribution is 2.29. The second-order valence-corrected chi connectivity index (χ2v) is 5.33. The summed E-state index contributed by atoms with van der Waals surface area (Å²) in [4.78, 5) is 2.42. The number of ether oxygens (including phenoxy) is 1. The molecule has 3 heteroatoms. The van der Waals surface area contributed by atoms with Gasteiger partial charge in [0.15, 0.2) is 0 Å². The van der Waals surface area contributed by atoms with E-state index in [1.165, 1.54) is 29.8 Å². The molecule has 0 atom stereocenters. The Morgan fingerprint density at radius 2 is 2.11 bits per heavy atom. The van der Waals surface area contributed by atoms with Crippen molar-refractivity contribution in [1.29, 1.82) is 0 Å². The average molecular weight is 246 g/mol. The highest BCUT2D eigenvalue weighted by molar-refractivity contribution is 5.63. The first-order valence-electron chi connectivity index (χ1n) is 7.02. The van der Waals surface area contributed by atoms with Gasteiger partial charge in [-0.05, 0) is 43.4 Å². The third-order valence-electron chi connectivity index (χ3n) is 4.18. The molecule has 0 unspecified atom stereocenters. The standard InChI is InChI=1S/C15H22N2O/c1-17(13-6-9-18-10-7-13)14-5-4-12-3-2-8-16-15(12)11-14/h4-5,11,13,16H,2-3,6-10H2,1H3. The Hall–Kier alpha value is -1.22. The van der Waals surface area contributed by atoms with Crippen LogP contribution < -0.4 is 10.2 Å². The first kappa shape index (κ1) is 11.8. The molecule has 1 N–H and O–H groups in total. The fraction of sp³-hybridized carbons (Fsp3) is 0.600. The van der Waals surface area contributed by atoms with Crippen molar-refractivity contribution >= 4 is 11.4 Å². The molecule has 2 heterocycles. The molecule has 0 amide bonds. The quantitative estimate of drug-likeness (QED) is 0.868. The molecule has 0 aromatic heterocycles. The van der Waals surface area contributed by atoms with Gasteiger partial charge in [0, 0.05) is 44.2 Å². The molecular formula is C15H22N2O. The van der Waals surface area contributed by atoms with Crippen LogP contribution in [0.2, 0.25) is 0 Å². The van der Waals surface area contributed by atoms with Crippen LogP contribution in [-0.2, 0) is 11.2 Å². The van der Waals surface area contributed by atoms with Crippen LogP contribution in [0, 0.1) is 0 Å². The number of aryl methyl sites for hydroxylation is 1. The molecule has 0 radical (unpaired) electrons. The number of benzene rings is 1. The SMILES string of the molecule is CN(c1ccc2c(c1)NCCC2)C1CCOCC1. The summed E-state index contributed by atoms with van der Waals surface area (Å²) in [6, 6.07) is 7.48. The summed E-state index contributed by atoms with van der Waals surface area (Å²) >= 11 is 0. The molecule has 98 valence electrons. The predicted molar refractivity (Wildman–Crippen MR) is 75.5 cm³/mol. The van der Waals surface area contributed by atoms with Crippen molar-refractivity contribution in [2.24, 2.45) is 0 Å². The summed E-state index contributed by atoms with van der Waals surface area (Å²) in [5, 5.41) is 3.51. The lowest BCUT2D eigenvalue weighted by Crippen LogP contribution is -2.36. The number of fused-ring (bicyclic) bond motifs is 1. The molecule has 1 saturated heterocycles. The molecule has 3 rings (SSSR count). The zero-order chi connectivity index (χ0) is 12.4. The highest BCUT2D eigenvalue weighted by Gasteiger charge is 2.19. The number of nitrogens with one attached hydrogen (secondary N) is 1. The monoisotopic (exact) mass is 246 g/mol. The van der Waals surface area contributed by atoms with Crippen molar-refractivity contribution in [3.8, 4) is 0 Å². The number of hydrogen-bond acceptors (Lipinski definition) is 3. The lowest BCUT2D eigenvalue weighted by atomic mass is 10.0. The van der Waals surface area contributed by atoms with Crippen LogP contribution in [0.15, 0.2) is 18.2 Å². The van der Waals surface area contributed by atoms with Gasteiger partial charge in [0.25, 0.3) is 0 Å². The maximum absolute atomic E-state index is 5.44. The van der Waals surface area contributed by atoms with Crippen molar-refractivity contribution < 1.29 is 4.74 Å². The van der Waals surface area contributed by atoms with Crippen LogP contribution in [-0.4, -0.2) is 32.8 Å². The normalized spacial score (nSPS) is 20.1. The van der Waals surface area contributed by atoms with E-state index in [1.54, 1.807) is 0 Å². The number of hydrogen-bond donors (Lipinski definition) is 1. The van der Waals surface area contributed by atoms with Gasteiger partial charge in [0.05, 0.1) is 0 Å². The van der Waals surface area contributed by atoms with Gasteiger partial charge < -0.3 is 15.0 Å². The van der Waals surface area contributed by atoms with Gasteiger partial charge in [-0.1, -0.05) is 6.07 Å². The molecule has 0 aliphatic carbocycles. The van der Waals surface area contributed by atoms with Crippen molar-refractivity contribution in [2.75, 3.05) is 37.0 Å². The molecule has 1 fully saturated rings. The van der Waals surface area contributed by atoms with E-state index in [2.05, 4.69) is 35.5 Å². The second kappa shape index (κ2) is 5.19. The Morgan fingerprint density at radius 3 is 2.94 bits per heavy atom. The fourth-order valence-electron chi connectivity index (χ4n) is 2.95. The molecule has 1 aromatic rings. The minimum Gasteiger partial charge on any atom is -0.385 e. The summed E-state index contributed by atoms with van der Waals surface area (Å²) in [5.41, 5.74) is 4.12. The lowest BCUT2D eigenvalue weighted by Gasteiger charge is -2.33. The second-order valence-electron chi connectivity index (χ2n) is 5.33. The van der Waals surface area contributed by atoms with E-state index in [1.807, 2.05) is 0 Å². The van der Waals surface area contributed by atoms with Crippen molar-refractivity contribution in [1.82, 2.24) is 0 Å². The highest BCUT2D eigenvalue weighted by atomic mass is 16.5. The van der Waals surface area contributed by atoms with Gasteiger partial charge in [-0.2, -0.15) is 0 Å². The van der Waals surface area contributed by atoms with E-state index < -0.39 is 0 Å². The predicted octanol–water partition coefficient (Wildman–Crippen LogP) is 2.66. The maximum Gasteiger partial charge on any atom is 0.0485 e. The minimum atomic E-state index is 0.625. The lowest BCUT2D eigenvalue weighted by molar-refractivity contribution is 0.0855. The molecule has 2 aliphatic heterocycles. The minimum absolute atomic E-state index is 0.625. The smallest absolute Gasteiger partial charge is 0.0485 e. The summed E-state index contributed by atoms with van der Waals surface area (Å²) in [6.45, 7) is 2.91. The van der Waals surface area contributed by atoms with E-state index >= 15 is 0 Å². The topological polar surface area (TPSA) is 24.5 Å². The zero-order valence-corrected chi connectivity index (χ0v) is 11.1. The van der Waals surface area contributed by atoms with Gasteiger partial charge in [0.1, 0.15) is 0 Å². The molecule has 0 bridgehead atoms. The molecule has 18 heavy (non-hydrogen) atoms. The van der Waals surface area contributed by atoms with E-state index in [-0.39, 0.29) is 0 Å². The Kier molecular flexibility index (Phi) is 3.41. The third kappa shape index (κ3) is 2.32. The van der Waals surface area contributed by atoms with E-state index in [9.17, 15) is 0 Å². The van der Waals surface area contributed by atoms with E-state index in [0.29, 0.717) is 6.04 Å². The van der Waals surface area contributed by atoms with Crippen LogP contribution in [0.3, 0.4) is 0 Å². The molecule has 0 saturated carbocycles. The van der Waals surface area contributed by atoms with Crippen molar-refractivity contribution in [3.05, 3.63) is 23.8 Å². The molecular weight excluding hydrogens is 224 g/mol. The number of rotatable bonds is 2. The Labute approximate surface area is 109 Å². The van der Waals surface area contributed by atoms with E-state index in [4.69, 9.17) is 4.74 Å². The van der Waals surface area contributed by atoms with Crippen LogP contribution in [0.4, 0.5) is 11.4 Å². The molecule has 2 aliphatic rings. The fourth-order valence-corrected chi connectivity index (χ4v) is 2.95. The van der Waals surface area contributed by atoms with Gasteiger partial charge >= 0.3 is 0 Å². The molecule has 3 nitrogen and oxygen atoms in total. The Morgan fingerprint density at radius 1 is 1.28 bits per heavy atom. The average Bonchev–Trinajstić information content (AvgIpc) is 2.47. The summed E-state index contributed by atoms with van der Waals surface area (Å²) in [5.74, 6) is 0. The first-order valence-corrected chi connectivity index (χ1v) is 7.02. The van der Waals surface area contributed by atoms with Gasteiger partial charge in [-0.25, -0.2) is 0 Å². The maximum atomic E-state index is 5.44. The van der Waals surface area contributed by atoms with Gasteiger partial charge in [-0.3, -0.25) is 0 Å². The summed E-state index contributed by atoms with van der Waals surface area (Å²) < 4.78 is 5.44. The van der Waals surface area contributed by atoms with E-state index in [0.717, 1.165) is 32.6 Å². The van der Waals surface area contributed by atoms with Gasteiger partial charge in [-0.15, -0.1) is 0 Å². The summed E-state index contributed by atoms with van der Waals surface area (Å²) in [6.07, 6.45) is 4.74. The zero-order valence-electron chi connectivity index (χ0n) is 11.1.